The maximum absolute atomic E-state index is 13.2. The summed E-state index contributed by atoms with van der Waals surface area (Å²) in [5.41, 5.74) is 0. The summed E-state index contributed by atoms with van der Waals surface area (Å²) >= 11 is 0. The molecule has 0 aromatic carbocycles. The van der Waals surface area contributed by atoms with Crippen molar-refractivity contribution in [2.75, 3.05) is 13.2 Å². The number of nitrogens with one attached hydrogen (secondary N) is 1. The Morgan fingerprint density at radius 3 is 1.13 bits per heavy atom. The molecular formula is C68H127NO10. The summed E-state index contributed by atoms with van der Waals surface area (Å²) < 4.78 is 11.2. The summed E-state index contributed by atoms with van der Waals surface area (Å²) in [7, 11) is 0. The number of aliphatic hydroxyl groups excluding tert-OH is 7. The number of carbonyl (C=O) groups excluding carboxylic acids is 1. The van der Waals surface area contributed by atoms with Crippen LogP contribution in [0.15, 0.2) is 48.6 Å². The maximum atomic E-state index is 13.2. The number of amides is 1. The fraction of sp³-hybridized carbons (Fsp3) is 0.868. The smallest absolute Gasteiger partial charge is 0.249 e. The number of carbonyl (C=O) groups is 1. The van der Waals surface area contributed by atoms with Crippen molar-refractivity contribution in [1.82, 2.24) is 5.32 Å². The number of allylic oxidation sites excluding steroid dienone is 8. The molecule has 0 saturated carbocycles. The van der Waals surface area contributed by atoms with Gasteiger partial charge in [-0.25, -0.2) is 0 Å². The molecule has 9 unspecified atom stereocenters. The molecule has 0 radical (unpaired) electrons. The van der Waals surface area contributed by atoms with Crippen LogP contribution in [0.2, 0.25) is 0 Å². The molecule has 8 N–H and O–H groups in total. The lowest BCUT2D eigenvalue weighted by Gasteiger charge is -2.40. The Hall–Kier alpha value is -1.93. The van der Waals surface area contributed by atoms with Gasteiger partial charge < -0.3 is 50.5 Å². The summed E-state index contributed by atoms with van der Waals surface area (Å²) in [6.45, 7) is 3.47. The molecule has 1 fully saturated rings. The first-order valence-corrected chi connectivity index (χ1v) is 33.5. The molecule has 464 valence electrons. The quantitative estimate of drug-likeness (QED) is 0.0215. The highest BCUT2D eigenvalue weighted by Gasteiger charge is 2.44. The molecule has 0 spiro atoms. The zero-order valence-electron chi connectivity index (χ0n) is 51.1. The second kappa shape index (κ2) is 56.5. The van der Waals surface area contributed by atoms with Gasteiger partial charge in [0.1, 0.15) is 36.6 Å². The third-order valence-corrected chi connectivity index (χ3v) is 16.1. The van der Waals surface area contributed by atoms with Crippen molar-refractivity contribution in [3.63, 3.8) is 0 Å². The number of hydrogen-bond donors (Lipinski definition) is 8. The van der Waals surface area contributed by atoms with Gasteiger partial charge in [-0.1, -0.05) is 268 Å². The van der Waals surface area contributed by atoms with Gasteiger partial charge in [0.2, 0.25) is 5.91 Å². The van der Waals surface area contributed by atoms with Gasteiger partial charge in [0.15, 0.2) is 6.29 Å². The minimum Gasteiger partial charge on any atom is -0.394 e. The van der Waals surface area contributed by atoms with E-state index in [9.17, 15) is 40.5 Å². The van der Waals surface area contributed by atoms with Crippen LogP contribution in [0.5, 0.6) is 0 Å². The maximum Gasteiger partial charge on any atom is 0.249 e. The first-order chi connectivity index (χ1) is 38.7. The van der Waals surface area contributed by atoms with E-state index in [1.807, 2.05) is 0 Å². The first kappa shape index (κ1) is 75.1. The summed E-state index contributed by atoms with van der Waals surface area (Å²) in [5, 5.41) is 76.3. The largest absolute Gasteiger partial charge is 0.394 e. The van der Waals surface area contributed by atoms with Crippen LogP contribution in [-0.2, 0) is 14.3 Å². The predicted octanol–water partition coefficient (Wildman–Crippen LogP) is 15.6. The van der Waals surface area contributed by atoms with E-state index >= 15 is 0 Å². The Morgan fingerprint density at radius 1 is 0.430 bits per heavy atom. The molecule has 11 nitrogen and oxygen atoms in total. The van der Waals surface area contributed by atoms with Gasteiger partial charge in [0, 0.05) is 0 Å². The monoisotopic (exact) mass is 1120 g/mol. The van der Waals surface area contributed by atoms with Gasteiger partial charge in [-0.15, -0.1) is 0 Å². The first-order valence-electron chi connectivity index (χ1n) is 33.5. The van der Waals surface area contributed by atoms with Crippen molar-refractivity contribution in [3.05, 3.63) is 48.6 Å². The average molecular weight is 1120 g/mol. The van der Waals surface area contributed by atoms with Crippen LogP contribution in [0.3, 0.4) is 0 Å². The highest BCUT2D eigenvalue weighted by atomic mass is 16.7. The van der Waals surface area contributed by atoms with E-state index in [1.54, 1.807) is 0 Å². The standard InChI is InChI=1S/C68H127NO10/c1-3-5-7-9-11-13-15-17-19-21-23-25-26-27-28-29-30-31-32-33-34-35-36-38-39-41-43-45-47-49-51-53-55-60(71)63(73)59(58-78-68-66(76)65(75)64(74)62(57-70)79-68)69-67(77)61(72)56-54-52-50-48-46-44-42-40-37-24-22-20-18-16-14-12-10-8-6-4-2/h34-35,37,39-41,47,49,59-66,68,70-76H,3-33,36,38,42-46,48,50-58H2,1-2H3,(H,69,77)/b35-34+,40-37-,41-39+,49-47+. The molecule has 1 heterocycles. The Kier molecular flexibility index (Phi) is 53.7. The van der Waals surface area contributed by atoms with E-state index in [2.05, 4.69) is 67.8 Å². The lowest BCUT2D eigenvalue weighted by atomic mass is 9.98. The van der Waals surface area contributed by atoms with E-state index in [0.717, 1.165) is 64.2 Å². The van der Waals surface area contributed by atoms with Crippen LogP contribution in [-0.4, -0.2) is 110 Å². The van der Waals surface area contributed by atoms with E-state index in [-0.39, 0.29) is 12.8 Å². The zero-order chi connectivity index (χ0) is 57.5. The molecule has 1 aliphatic heterocycles. The molecule has 79 heavy (non-hydrogen) atoms. The molecule has 0 aliphatic carbocycles. The zero-order valence-corrected chi connectivity index (χ0v) is 51.1. The van der Waals surface area contributed by atoms with Crippen molar-refractivity contribution in [2.45, 2.75) is 364 Å². The van der Waals surface area contributed by atoms with Gasteiger partial charge in [-0.05, 0) is 89.9 Å². The lowest BCUT2D eigenvalue weighted by Crippen LogP contribution is -2.60. The predicted molar refractivity (Wildman–Crippen MR) is 330 cm³/mol. The number of unbranched alkanes of at least 4 members (excludes halogenated alkanes) is 38. The number of aliphatic hydroxyl groups is 7. The molecule has 0 aromatic rings. The van der Waals surface area contributed by atoms with Crippen LogP contribution in [0.1, 0.15) is 309 Å². The van der Waals surface area contributed by atoms with Crippen molar-refractivity contribution >= 4 is 5.91 Å². The molecule has 1 aliphatic rings. The van der Waals surface area contributed by atoms with E-state index < -0.39 is 74.2 Å². The second-order valence-corrected chi connectivity index (χ2v) is 23.5. The topological polar surface area (TPSA) is 189 Å². The van der Waals surface area contributed by atoms with E-state index in [1.165, 1.54) is 199 Å². The van der Waals surface area contributed by atoms with Crippen molar-refractivity contribution in [3.8, 4) is 0 Å². The summed E-state index contributed by atoms with van der Waals surface area (Å²) in [6.07, 6.45) is 61.9. The molecule has 1 rings (SSSR count). The molecule has 9 atom stereocenters. The molecular weight excluding hydrogens is 991 g/mol. The van der Waals surface area contributed by atoms with Crippen LogP contribution in [0.25, 0.3) is 0 Å². The minimum absolute atomic E-state index is 0.239. The van der Waals surface area contributed by atoms with Gasteiger partial charge in [0.25, 0.3) is 0 Å². The molecule has 1 amide bonds. The average Bonchev–Trinajstić information content (AvgIpc) is 3.46. The fourth-order valence-electron chi connectivity index (χ4n) is 10.6. The highest BCUT2D eigenvalue weighted by molar-refractivity contribution is 5.80. The van der Waals surface area contributed by atoms with Crippen molar-refractivity contribution in [1.29, 1.82) is 0 Å². The van der Waals surface area contributed by atoms with Gasteiger partial charge in [-0.2, -0.15) is 0 Å². The van der Waals surface area contributed by atoms with Crippen LogP contribution < -0.4 is 5.32 Å². The molecule has 0 aromatic heterocycles. The Balaban J connectivity index is 2.26. The van der Waals surface area contributed by atoms with E-state index in [0.29, 0.717) is 19.3 Å². The minimum atomic E-state index is -1.68. The Morgan fingerprint density at radius 2 is 0.759 bits per heavy atom. The van der Waals surface area contributed by atoms with E-state index in [4.69, 9.17) is 9.47 Å². The number of hydrogen-bond acceptors (Lipinski definition) is 10. The van der Waals surface area contributed by atoms with Crippen LogP contribution in [0.4, 0.5) is 0 Å². The Bertz CT molecular complexity index is 1420. The number of rotatable bonds is 58. The third-order valence-electron chi connectivity index (χ3n) is 16.1. The fourth-order valence-corrected chi connectivity index (χ4v) is 10.6. The lowest BCUT2D eigenvalue weighted by molar-refractivity contribution is -0.303. The van der Waals surface area contributed by atoms with Crippen molar-refractivity contribution in [2.24, 2.45) is 0 Å². The Labute approximate surface area is 485 Å². The third kappa shape index (κ3) is 44.3. The van der Waals surface area contributed by atoms with Gasteiger partial charge in [0.05, 0.1) is 25.4 Å². The molecule has 1 saturated heterocycles. The van der Waals surface area contributed by atoms with Gasteiger partial charge >= 0.3 is 0 Å². The summed E-state index contributed by atoms with van der Waals surface area (Å²) in [5.74, 6) is -0.715. The summed E-state index contributed by atoms with van der Waals surface area (Å²) in [4.78, 5) is 13.2. The van der Waals surface area contributed by atoms with Crippen molar-refractivity contribution < 1.29 is 50.0 Å². The molecule has 11 heteroatoms. The normalized spacial score (nSPS) is 19.6. The highest BCUT2D eigenvalue weighted by Crippen LogP contribution is 2.24. The molecule has 0 bridgehead atoms. The van der Waals surface area contributed by atoms with Crippen LogP contribution in [0, 0.1) is 0 Å². The SMILES string of the molecule is CCCCCCCCCCCC/C=C\CCCCCCCCC(O)C(=O)NC(COC1OC(CO)C(O)C(O)C1O)C(O)C(O)CCC/C=C/CC/C=C/CC/C=C/CCCCCCCCCCCCCCCCCCCCC. The number of ether oxygens (including phenoxy) is 2. The second-order valence-electron chi connectivity index (χ2n) is 23.5. The van der Waals surface area contributed by atoms with Crippen LogP contribution >= 0.6 is 0 Å². The summed E-state index contributed by atoms with van der Waals surface area (Å²) in [6, 6.07) is -1.20. The van der Waals surface area contributed by atoms with Gasteiger partial charge in [-0.3, -0.25) is 4.79 Å².